The van der Waals surface area contributed by atoms with Gasteiger partial charge in [0.1, 0.15) is 16.7 Å². The molecule has 1 saturated heterocycles. The molecule has 1 fully saturated rings. The monoisotopic (exact) mass is 535 g/mol. The van der Waals surface area contributed by atoms with E-state index in [1.165, 1.54) is 0 Å². The molecule has 3 aromatic rings. The molecule has 202 valence electrons. The Morgan fingerprint density at radius 3 is 2.39 bits per heavy atom. The van der Waals surface area contributed by atoms with Gasteiger partial charge in [-0.2, -0.15) is 4.31 Å². The lowest BCUT2D eigenvalue weighted by atomic mass is 10.1. The van der Waals surface area contributed by atoms with Crippen LogP contribution in [0.5, 0.6) is 5.75 Å². The maximum absolute atomic E-state index is 14.0. The van der Waals surface area contributed by atoms with Gasteiger partial charge >= 0.3 is 0 Å². The third kappa shape index (κ3) is 5.73. The van der Waals surface area contributed by atoms with Crippen LogP contribution in [0, 0.1) is 0 Å². The van der Waals surface area contributed by atoms with E-state index in [1.807, 2.05) is 79.7 Å². The van der Waals surface area contributed by atoms with Crippen molar-refractivity contribution in [3.05, 3.63) is 90.0 Å². The van der Waals surface area contributed by atoms with Crippen molar-refractivity contribution in [2.75, 3.05) is 45.2 Å². The summed E-state index contributed by atoms with van der Waals surface area (Å²) in [6, 6.07) is 25.3. The first-order valence-corrected chi connectivity index (χ1v) is 14.7. The Morgan fingerprint density at radius 1 is 1.00 bits per heavy atom. The Hall–Kier alpha value is -2.91. The van der Waals surface area contributed by atoms with Gasteiger partial charge in [0, 0.05) is 36.9 Å². The highest BCUT2D eigenvalue weighted by Gasteiger charge is 2.38. The molecule has 2 aliphatic rings. The van der Waals surface area contributed by atoms with Crippen molar-refractivity contribution in [3.63, 3.8) is 0 Å². The molecule has 0 radical (unpaired) electrons. The average molecular weight is 536 g/mol. The van der Waals surface area contributed by atoms with Gasteiger partial charge in [-0.05, 0) is 50.7 Å². The van der Waals surface area contributed by atoms with Crippen LogP contribution in [0.15, 0.2) is 83.8 Å². The molecule has 7 nitrogen and oxygen atoms in total. The number of sulfonamides is 1. The van der Waals surface area contributed by atoms with Crippen molar-refractivity contribution < 1.29 is 17.9 Å². The molecule has 0 bridgehead atoms. The minimum Gasteiger partial charge on any atom is -0.485 e. The van der Waals surface area contributed by atoms with Crippen LogP contribution in [-0.2, 0) is 21.4 Å². The number of benzene rings is 3. The van der Waals surface area contributed by atoms with Crippen molar-refractivity contribution >= 4 is 15.7 Å². The van der Waals surface area contributed by atoms with Gasteiger partial charge < -0.3 is 19.3 Å². The second-order valence-corrected chi connectivity index (χ2v) is 12.2. The summed E-state index contributed by atoms with van der Waals surface area (Å²) in [5, 5.41) is 0. The highest BCUT2D eigenvalue weighted by Crippen LogP contribution is 2.38. The van der Waals surface area contributed by atoms with Crippen LogP contribution in [0.3, 0.4) is 0 Å². The van der Waals surface area contributed by atoms with Gasteiger partial charge in [-0.15, -0.1) is 0 Å². The summed E-state index contributed by atoms with van der Waals surface area (Å²) in [5.74, 6) is 0.395. The van der Waals surface area contributed by atoms with E-state index in [0.29, 0.717) is 18.4 Å². The SMILES string of the molecule is C[C@H](c1ccccc1)N1C[C@H](COCc2ccccc2)Oc2cc(N3CC[C@H](N(C)C)C3)ccc2S1(=O)=O. The number of likely N-dealkylation sites (N-methyl/N-ethyl adjacent to an activating group) is 1. The maximum atomic E-state index is 14.0. The van der Waals surface area contributed by atoms with Crippen molar-refractivity contribution in [1.82, 2.24) is 9.21 Å². The number of hydrogen-bond acceptors (Lipinski definition) is 6. The molecule has 3 aromatic carbocycles. The second kappa shape index (κ2) is 11.5. The lowest BCUT2D eigenvalue weighted by Gasteiger charge is -2.29. The van der Waals surface area contributed by atoms with Crippen LogP contribution < -0.4 is 9.64 Å². The molecule has 8 heteroatoms. The summed E-state index contributed by atoms with van der Waals surface area (Å²) in [4.78, 5) is 4.75. The normalized spacial score (nSPS) is 22.1. The van der Waals surface area contributed by atoms with Gasteiger partial charge in [0.05, 0.1) is 19.8 Å². The van der Waals surface area contributed by atoms with Crippen LogP contribution in [0.25, 0.3) is 0 Å². The molecule has 2 heterocycles. The zero-order valence-corrected chi connectivity index (χ0v) is 23.2. The topological polar surface area (TPSA) is 62.3 Å². The van der Waals surface area contributed by atoms with Gasteiger partial charge in [0.25, 0.3) is 0 Å². The zero-order chi connectivity index (χ0) is 26.7. The molecule has 5 rings (SSSR count). The lowest BCUT2D eigenvalue weighted by Crippen LogP contribution is -2.40. The Morgan fingerprint density at radius 2 is 1.71 bits per heavy atom. The average Bonchev–Trinajstić information content (AvgIpc) is 3.39. The Labute approximate surface area is 226 Å². The van der Waals surface area contributed by atoms with Crippen molar-refractivity contribution in [2.24, 2.45) is 0 Å². The molecule has 2 aliphatic heterocycles. The first kappa shape index (κ1) is 26.7. The highest BCUT2D eigenvalue weighted by atomic mass is 32.2. The number of anilines is 1. The van der Waals surface area contributed by atoms with Gasteiger partial charge in [0.2, 0.25) is 10.0 Å². The van der Waals surface area contributed by atoms with Crippen LogP contribution in [-0.4, -0.2) is 70.1 Å². The third-order valence-corrected chi connectivity index (χ3v) is 9.56. The summed E-state index contributed by atoms with van der Waals surface area (Å²) in [7, 11) is 0.386. The second-order valence-electron chi connectivity index (χ2n) is 10.4. The molecule has 0 spiro atoms. The quantitative estimate of drug-likeness (QED) is 0.422. The molecular formula is C30H37N3O4S. The minimum atomic E-state index is -3.82. The van der Waals surface area contributed by atoms with Crippen molar-refractivity contribution in [3.8, 4) is 5.75 Å². The van der Waals surface area contributed by atoms with Gasteiger partial charge in [-0.25, -0.2) is 8.42 Å². The van der Waals surface area contributed by atoms with E-state index in [2.05, 4.69) is 23.9 Å². The maximum Gasteiger partial charge on any atom is 0.247 e. The number of rotatable bonds is 8. The smallest absolute Gasteiger partial charge is 0.247 e. The van der Waals surface area contributed by atoms with Crippen molar-refractivity contribution in [1.29, 1.82) is 0 Å². The molecule has 0 amide bonds. The summed E-state index contributed by atoms with van der Waals surface area (Å²) >= 11 is 0. The first-order chi connectivity index (χ1) is 18.3. The van der Waals surface area contributed by atoms with Crippen LogP contribution in [0.2, 0.25) is 0 Å². The number of fused-ring (bicyclic) bond motifs is 1. The van der Waals surface area contributed by atoms with Gasteiger partial charge in [0.15, 0.2) is 0 Å². The fraction of sp³-hybridized carbons (Fsp3) is 0.400. The van der Waals surface area contributed by atoms with E-state index in [4.69, 9.17) is 9.47 Å². The summed E-state index contributed by atoms with van der Waals surface area (Å²) in [6.07, 6.45) is 0.617. The highest BCUT2D eigenvalue weighted by molar-refractivity contribution is 7.89. The molecule has 0 saturated carbocycles. The molecule has 38 heavy (non-hydrogen) atoms. The molecular weight excluding hydrogens is 498 g/mol. The fourth-order valence-electron chi connectivity index (χ4n) is 5.27. The predicted octanol–water partition coefficient (Wildman–Crippen LogP) is 4.56. The van der Waals surface area contributed by atoms with E-state index in [-0.39, 0.29) is 24.1 Å². The van der Waals surface area contributed by atoms with E-state index in [9.17, 15) is 8.42 Å². The van der Waals surface area contributed by atoms with Gasteiger partial charge in [-0.3, -0.25) is 0 Å². The molecule has 0 aromatic heterocycles. The van der Waals surface area contributed by atoms with Gasteiger partial charge in [-0.1, -0.05) is 60.7 Å². The Balaban J connectivity index is 1.44. The number of hydrogen-bond donors (Lipinski definition) is 0. The Kier molecular flexibility index (Phi) is 8.04. The molecule has 0 aliphatic carbocycles. The van der Waals surface area contributed by atoms with E-state index < -0.39 is 16.1 Å². The number of nitrogens with zero attached hydrogens (tertiary/aromatic N) is 3. The van der Waals surface area contributed by atoms with E-state index >= 15 is 0 Å². The summed E-state index contributed by atoms with van der Waals surface area (Å²) in [5.41, 5.74) is 2.99. The Bertz CT molecular complexity index is 1320. The summed E-state index contributed by atoms with van der Waals surface area (Å²) in [6.45, 7) is 4.67. The third-order valence-electron chi connectivity index (χ3n) is 7.58. The summed E-state index contributed by atoms with van der Waals surface area (Å²) < 4.78 is 42.1. The van der Waals surface area contributed by atoms with E-state index in [1.54, 1.807) is 10.4 Å². The molecule has 3 atom stereocenters. The largest absolute Gasteiger partial charge is 0.485 e. The predicted molar refractivity (Wildman–Crippen MR) is 150 cm³/mol. The number of ether oxygens (including phenoxy) is 2. The zero-order valence-electron chi connectivity index (χ0n) is 22.4. The minimum absolute atomic E-state index is 0.198. The standard InChI is InChI=1S/C30H37N3O4S/c1-23(25-12-8-5-9-13-25)33-20-28(22-36-21-24-10-6-4-7-11-24)37-29-18-26(14-15-30(29)38(33,34)35)32-17-16-27(19-32)31(2)3/h4-15,18,23,27-28H,16-17,19-22H2,1-3H3/t23-,27+,28-/m1/s1. The van der Waals surface area contributed by atoms with Crippen molar-refractivity contribution in [2.45, 2.75) is 43.0 Å². The van der Waals surface area contributed by atoms with E-state index in [0.717, 1.165) is 36.3 Å². The molecule has 0 unspecified atom stereocenters. The molecule has 0 N–H and O–H groups in total. The fourth-order valence-corrected chi connectivity index (χ4v) is 7.03. The van der Waals surface area contributed by atoms with Crippen LogP contribution >= 0.6 is 0 Å². The first-order valence-electron chi connectivity index (χ1n) is 13.2. The van der Waals surface area contributed by atoms with Crippen LogP contribution in [0.1, 0.15) is 30.5 Å². The lowest BCUT2D eigenvalue weighted by molar-refractivity contribution is 0.0313. The van der Waals surface area contributed by atoms with Crippen LogP contribution in [0.4, 0.5) is 5.69 Å².